The fourth-order valence-corrected chi connectivity index (χ4v) is 2.71. The van der Waals surface area contributed by atoms with Crippen LogP contribution in [0.5, 0.6) is 5.88 Å². The summed E-state index contributed by atoms with van der Waals surface area (Å²) in [4.78, 5) is 21.3. The van der Waals surface area contributed by atoms with Crippen molar-refractivity contribution in [1.82, 2.24) is 14.9 Å². The number of nitrogens with zero attached hydrogens (tertiary/aromatic N) is 3. The van der Waals surface area contributed by atoms with Gasteiger partial charge in [0.15, 0.2) is 0 Å². The number of carbonyl (C=O) groups excluding carboxylic acids is 1. The van der Waals surface area contributed by atoms with Gasteiger partial charge in [-0.15, -0.1) is 0 Å². The lowest BCUT2D eigenvalue weighted by atomic mass is 10.2. The molecule has 0 saturated carbocycles. The Labute approximate surface area is 160 Å². The smallest absolute Gasteiger partial charge is 0.423 e. The van der Waals surface area contributed by atoms with E-state index in [1.807, 2.05) is 0 Å². The number of ether oxygens (including phenoxy) is 3. The van der Waals surface area contributed by atoms with Crippen LogP contribution in [0.25, 0.3) is 0 Å². The first kappa shape index (κ1) is 20.4. The van der Waals surface area contributed by atoms with Gasteiger partial charge in [-0.2, -0.15) is 18.2 Å². The van der Waals surface area contributed by atoms with Crippen molar-refractivity contribution in [1.29, 1.82) is 0 Å². The topological polar surface area (TPSA) is 85.8 Å². The molecule has 3 rings (SSSR count). The Morgan fingerprint density at radius 2 is 2.04 bits per heavy atom. The van der Waals surface area contributed by atoms with Gasteiger partial charge in [-0.1, -0.05) is 0 Å². The van der Waals surface area contributed by atoms with Gasteiger partial charge in [0.1, 0.15) is 17.3 Å². The maximum absolute atomic E-state index is 13.2. The average Bonchev–Trinajstić information content (AvgIpc) is 2.97. The van der Waals surface area contributed by atoms with Crippen molar-refractivity contribution in [3.63, 3.8) is 0 Å². The van der Waals surface area contributed by atoms with E-state index >= 15 is 0 Å². The van der Waals surface area contributed by atoms with Crippen molar-refractivity contribution >= 4 is 12.0 Å². The van der Waals surface area contributed by atoms with Gasteiger partial charge in [0.2, 0.25) is 11.8 Å². The van der Waals surface area contributed by atoms with Crippen LogP contribution in [0.1, 0.15) is 32.8 Å². The quantitative estimate of drug-likeness (QED) is 0.826. The van der Waals surface area contributed by atoms with E-state index in [1.54, 1.807) is 20.8 Å². The highest BCUT2D eigenvalue weighted by atomic mass is 19.4. The highest BCUT2D eigenvalue weighted by Gasteiger charge is 2.38. The Kier molecular flexibility index (Phi) is 5.55. The second-order valence-corrected chi connectivity index (χ2v) is 7.74. The standard InChI is InChI=1S/C17H23F3N4O4/c1-16(2,3)28-15(25)24-5-4-10(7-24)22-14-21-6-12(17(18,19)20)13(23-14)27-11-8-26-9-11/h6,10-11H,4-5,7-9H2,1-3H3,(H,21,22,23). The molecule has 28 heavy (non-hydrogen) atoms. The van der Waals surface area contributed by atoms with Gasteiger partial charge in [-0.3, -0.25) is 0 Å². The third-order valence-corrected chi connectivity index (χ3v) is 4.12. The van der Waals surface area contributed by atoms with Crippen molar-refractivity contribution in [2.75, 3.05) is 31.6 Å². The molecule has 0 bridgehead atoms. The number of rotatable bonds is 4. The van der Waals surface area contributed by atoms with Gasteiger partial charge in [0.25, 0.3) is 0 Å². The largest absolute Gasteiger partial charge is 0.469 e. The summed E-state index contributed by atoms with van der Waals surface area (Å²) >= 11 is 0. The second-order valence-electron chi connectivity index (χ2n) is 7.74. The maximum Gasteiger partial charge on any atom is 0.423 e. The van der Waals surface area contributed by atoms with Crippen LogP contribution >= 0.6 is 0 Å². The van der Waals surface area contributed by atoms with E-state index in [0.29, 0.717) is 25.7 Å². The molecule has 156 valence electrons. The molecule has 11 heteroatoms. The molecule has 1 amide bonds. The van der Waals surface area contributed by atoms with E-state index in [0.717, 1.165) is 0 Å². The first-order chi connectivity index (χ1) is 13.0. The van der Waals surface area contributed by atoms with Crippen molar-refractivity contribution < 1.29 is 32.2 Å². The minimum absolute atomic E-state index is 0.0132. The van der Waals surface area contributed by atoms with Crippen molar-refractivity contribution in [3.8, 4) is 5.88 Å². The third kappa shape index (κ3) is 5.15. The van der Waals surface area contributed by atoms with Crippen LogP contribution in [-0.2, 0) is 15.7 Å². The van der Waals surface area contributed by atoms with E-state index in [-0.39, 0.29) is 25.2 Å². The molecule has 0 aromatic carbocycles. The zero-order valence-corrected chi connectivity index (χ0v) is 15.9. The number of hydrogen-bond donors (Lipinski definition) is 1. The van der Waals surface area contributed by atoms with Crippen LogP contribution in [0.4, 0.5) is 23.9 Å². The summed E-state index contributed by atoms with van der Waals surface area (Å²) in [5.41, 5.74) is -1.64. The summed E-state index contributed by atoms with van der Waals surface area (Å²) in [5.74, 6) is -0.514. The molecule has 1 atom stereocenters. The molecule has 8 nitrogen and oxygen atoms in total. The lowest BCUT2D eigenvalue weighted by Crippen LogP contribution is -2.39. The van der Waals surface area contributed by atoms with Crippen LogP contribution in [0, 0.1) is 0 Å². The molecule has 2 fully saturated rings. The van der Waals surface area contributed by atoms with Crippen LogP contribution in [0.2, 0.25) is 0 Å². The summed E-state index contributed by atoms with van der Waals surface area (Å²) in [6.45, 7) is 6.58. The fourth-order valence-electron chi connectivity index (χ4n) is 2.71. The highest BCUT2D eigenvalue weighted by molar-refractivity contribution is 5.68. The summed E-state index contributed by atoms with van der Waals surface area (Å²) < 4.78 is 55.0. The van der Waals surface area contributed by atoms with Crippen LogP contribution in [0.15, 0.2) is 6.20 Å². The van der Waals surface area contributed by atoms with E-state index in [2.05, 4.69) is 15.3 Å². The van der Waals surface area contributed by atoms with E-state index in [9.17, 15) is 18.0 Å². The minimum atomic E-state index is -4.63. The molecule has 2 aliphatic rings. The van der Waals surface area contributed by atoms with Crippen molar-refractivity contribution in [2.24, 2.45) is 0 Å². The minimum Gasteiger partial charge on any atom is -0.469 e. The first-order valence-electron chi connectivity index (χ1n) is 8.94. The zero-order valence-electron chi connectivity index (χ0n) is 15.9. The van der Waals surface area contributed by atoms with Crippen LogP contribution < -0.4 is 10.1 Å². The molecular weight excluding hydrogens is 381 g/mol. The lowest BCUT2D eigenvalue weighted by Gasteiger charge is -2.27. The van der Waals surface area contributed by atoms with Gasteiger partial charge >= 0.3 is 12.3 Å². The van der Waals surface area contributed by atoms with Crippen molar-refractivity contribution in [3.05, 3.63) is 11.8 Å². The predicted octanol–water partition coefficient (Wildman–Crippen LogP) is 2.69. The molecule has 0 aliphatic carbocycles. The summed E-state index contributed by atoms with van der Waals surface area (Å²) in [5, 5.41) is 2.97. The highest BCUT2D eigenvalue weighted by Crippen LogP contribution is 2.36. The number of halogens is 3. The normalized spacial score (nSPS) is 20.6. The summed E-state index contributed by atoms with van der Waals surface area (Å²) in [6.07, 6.45) is -4.22. The van der Waals surface area contributed by atoms with E-state index < -0.39 is 35.4 Å². The number of nitrogens with one attached hydrogen (secondary N) is 1. The number of alkyl halides is 3. The number of hydrogen-bond acceptors (Lipinski definition) is 7. The van der Waals surface area contributed by atoms with Gasteiger partial charge < -0.3 is 24.4 Å². The average molecular weight is 404 g/mol. The predicted molar refractivity (Wildman–Crippen MR) is 92.1 cm³/mol. The number of aromatic nitrogens is 2. The molecule has 3 heterocycles. The van der Waals surface area contributed by atoms with E-state index in [4.69, 9.17) is 14.2 Å². The third-order valence-electron chi connectivity index (χ3n) is 4.12. The molecule has 0 radical (unpaired) electrons. The Balaban J connectivity index is 1.65. The zero-order chi connectivity index (χ0) is 20.5. The molecule has 1 N–H and O–H groups in total. The molecule has 1 aromatic heterocycles. The Bertz CT molecular complexity index is 719. The number of amides is 1. The lowest BCUT2D eigenvalue weighted by molar-refractivity contribution is -0.142. The SMILES string of the molecule is CC(C)(C)OC(=O)N1CCC(Nc2ncc(C(F)(F)F)c(OC3COC3)n2)C1. The summed E-state index contributed by atoms with van der Waals surface area (Å²) in [7, 11) is 0. The molecule has 2 aliphatic heterocycles. The molecule has 2 saturated heterocycles. The maximum atomic E-state index is 13.2. The summed E-state index contributed by atoms with van der Waals surface area (Å²) in [6, 6.07) is -0.204. The van der Waals surface area contributed by atoms with Gasteiger partial charge in [0.05, 0.1) is 13.2 Å². The number of carbonyl (C=O) groups is 1. The Hall–Kier alpha value is -2.30. The number of likely N-dealkylation sites (tertiary alicyclic amines) is 1. The van der Waals surface area contributed by atoms with Gasteiger partial charge in [0, 0.05) is 25.3 Å². The number of anilines is 1. The second kappa shape index (κ2) is 7.61. The van der Waals surface area contributed by atoms with Crippen LogP contribution in [0.3, 0.4) is 0 Å². The fraction of sp³-hybridized carbons (Fsp3) is 0.706. The molecular formula is C17H23F3N4O4. The van der Waals surface area contributed by atoms with Crippen molar-refractivity contribution in [2.45, 2.75) is 51.1 Å². The Morgan fingerprint density at radius 1 is 1.32 bits per heavy atom. The Morgan fingerprint density at radius 3 is 2.61 bits per heavy atom. The van der Waals surface area contributed by atoms with Crippen LogP contribution in [-0.4, -0.2) is 65.0 Å². The first-order valence-corrected chi connectivity index (χ1v) is 8.94. The van der Waals surface area contributed by atoms with E-state index in [1.165, 1.54) is 4.90 Å². The van der Waals surface area contributed by atoms with Gasteiger partial charge in [-0.25, -0.2) is 9.78 Å². The molecule has 0 spiro atoms. The molecule has 1 unspecified atom stereocenters. The monoisotopic (exact) mass is 404 g/mol. The molecule has 1 aromatic rings. The van der Waals surface area contributed by atoms with Gasteiger partial charge in [-0.05, 0) is 27.2 Å².